The Morgan fingerprint density at radius 3 is 2.82 bits per heavy atom. The molecule has 2 aromatic rings. The van der Waals surface area contributed by atoms with Crippen molar-refractivity contribution in [3.05, 3.63) is 36.7 Å². The van der Waals surface area contributed by atoms with E-state index in [0.29, 0.717) is 19.0 Å². The molecule has 1 heterocycles. The summed E-state index contributed by atoms with van der Waals surface area (Å²) in [7, 11) is 0. The van der Waals surface area contributed by atoms with Crippen molar-refractivity contribution in [2.75, 3.05) is 6.61 Å². The lowest BCUT2D eigenvalue weighted by Crippen LogP contribution is -2.08. The Morgan fingerprint density at radius 2 is 2.12 bits per heavy atom. The second kappa shape index (κ2) is 5.45. The third-order valence-electron chi connectivity index (χ3n) is 2.26. The van der Waals surface area contributed by atoms with Crippen LogP contribution in [0.4, 0.5) is 0 Å². The van der Waals surface area contributed by atoms with Crippen LogP contribution in [0.2, 0.25) is 0 Å². The van der Waals surface area contributed by atoms with Crippen LogP contribution in [0, 0.1) is 0 Å². The number of rotatable bonds is 5. The van der Waals surface area contributed by atoms with Crippen LogP contribution in [-0.2, 0) is 0 Å². The highest BCUT2D eigenvalue weighted by Gasteiger charge is 2.04. The minimum Gasteiger partial charge on any atom is -0.462 e. The van der Waals surface area contributed by atoms with Crippen molar-refractivity contribution in [2.24, 2.45) is 0 Å². The maximum Gasteiger partial charge on any atom is 0.335 e. The number of nitrogens with zero attached hydrogens (tertiary/aromatic N) is 3. The number of aliphatic hydroxyl groups is 1. The number of hydrogen-bond donors (Lipinski definition) is 1. The Bertz CT molecular complexity index is 454. The van der Waals surface area contributed by atoms with Gasteiger partial charge in [0, 0.05) is 6.42 Å². The van der Waals surface area contributed by atoms with Gasteiger partial charge in [-0.3, -0.25) is 0 Å². The molecule has 0 bridgehead atoms. The predicted octanol–water partition coefficient (Wildman–Crippen LogP) is 1.42. The van der Waals surface area contributed by atoms with Crippen LogP contribution >= 0.6 is 0 Å². The van der Waals surface area contributed by atoms with Crippen LogP contribution in [0.5, 0.6) is 6.01 Å². The van der Waals surface area contributed by atoms with Gasteiger partial charge >= 0.3 is 6.01 Å². The van der Waals surface area contributed by atoms with Gasteiger partial charge in [-0.25, -0.2) is 4.68 Å². The maximum atomic E-state index is 9.09. The lowest BCUT2D eigenvalue weighted by molar-refractivity contribution is 0.152. The molecule has 0 fully saturated rings. The summed E-state index contributed by atoms with van der Waals surface area (Å²) in [5, 5.41) is 13.3. The Kier molecular flexibility index (Phi) is 3.72. The number of para-hydroxylation sites is 1. The normalized spacial score (nSPS) is 12.4. The van der Waals surface area contributed by atoms with E-state index in [-0.39, 0.29) is 6.10 Å². The molecule has 2 rings (SSSR count). The van der Waals surface area contributed by atoms with Crippen molar-refractivity contribution in [3.63, 3.8) is 0 Å². The summed E-state index contributed by atoms with van der Waals surface area (Å²) >= 11 is 0. The zero-order chi connectivity index (χ0) is 12.1. The van der Waals surface area contributed by atoms with Gasteiger partial charge in [-0.1, -0.05) is 18.2 Å². The molecule has 1 N–H and O–H groups in total. The number of ether oxygens (including phenoxy) is 1. The van der Waals surface area contributed by atoms with Gasteiger partial charge in [0.2, 0.25) is 0 Å². The molecule has 0 amide bonds. The minimum absolute atomic E-state index is 0.328. The molecule has 5 heteroatoms. The van der Waals surface area contributed by atoms with Crippen molar-refractivity contribution in [1.29, 1.82) is 0 Å². The number of aromatic nitrogens is 3. The highest BCUT2D eigenvalue weighted by Crippen LogP contribution is 2.08. The highest BCUT2D eigenvalue weighted by molar-refractivity contribution is 5.29. The van der Waals surface area contributed by atoms with Crippen LogP contribution in [0.1, 0.15) is 13.3 Å². The second-order valence-corrected chi connectivity index (χ2v) is 3.79. The lowest BCUT2D eigenvalue weighted by atomic mass is 10.3. The first-order chi connectivity index (χ1) is 8.25. The van der Waals surface area contributed by atoms with Crippen LogP contribution in [-0.4, -0.2) is 32.6 Å². The zero-order valence-corrected chi connectivity index (χ0v) is 9.65. The van der Waals surface area contributed by atoms with Crippen LogP contribution in [0.3, 0.4) is 0 Å². The van der Waals surface area contributed by atoms with E-state index < -0.39 is 0 Å². The van der Waals surface area contributed by atoms with Gasteiger partial charge < -0.3 is 9.84 Å². The maximum absolute atomic E-state index is 9.09. The van der Waals surface area contributed by atoms with Gasteiger partial charge in [0.15, 0.2) is 0 Å². The number of aliphatic hydroxyl groups excluding tert-OH is 1. The molecule has 0 aliphatic rings. The van der Waals surface area contributed by atoms with Gasteiger partial charge in [0.25, 0.3) is 0 Å². The first-order valence-electron chi connectivity index (χ1n) is 5.53. The fourth-order valence-electron chi connectivity index (χ4n) is 1.34. The standard InChI is InChI=1S/C12H15N3O2/c1-10(16)7-8-17-12-13-9-15(14-12)11-5-3-2-4-6-11/h2-6,9-10,16H,7-8H2,1H3. The quantitative estimate of drug-likeness (QED) is 0.848. The molecule has 1 atom stereocenters. The first-order valence-corrected chi connectivity index (χ1v) is 5.53. The van der Waals surface area contributed by atoms with E-state index in [2.05, 4.69) is 10.1 Å². The Morgan fingerprint density at radius 1 is 1.35 bits per heavy atom. The number of benzene rings is 1. The van der Waals surface area contributed by atoms with E-state index in [0.717, 1.165) is 5.69 Å². The summed E-state index contributed by atoms with van der Waals surface area (Å²) in [5.41, 5.74) is 0.936. The molecule has 0 aliphatic heterocycles. The van der Waals surface area contributed by atoms with Gasteiger partial charge in [-0.2, -0.15) is 4.98 Å². The monoisotopic (exact) mass is 233 g/mol. The van der Waals surface area contributed by atoms with Gasteiger partial charge in [-0.15, -0.1) is 5.10 Å². The average molecular weight is 233 g/mol. The topological polar surface area (TPSA) is 60.2 Å². The molecule has 0 spiro atoms. The highest BCUT2D eigenvalue weighted by atomic mass is 16.5. The van der Waals surface area contributed by atoms with Crippen molar-refractivity contribution >= 4 is 0 Å². The molecule has 0 aliphatic carbocycles. The summed E-state index contributed by atoms with van der Waals surface area (Å²) < 4.78 is 6.97. The fourth-order valence-corrected chi connectivity index (χ4v) is 1.34. The predicted molar refractivity (Wildman–Crippen MR) is 63.2 cm³/mol. The van der Waals surface area contributed by atoms with Crippen LogP contribution in [0.15, 0.2) is 36.7 Å². The summed E-state index contributed by atoms with van der Waals surface area (Å²) in [6.45, 7) is 2.13. The third-order valence-corrected chi connectivity index (χ3v) is 2.26. The third kappa shape index (κ3) is 3.29. The zero-order valence-electron chi connectivity index (χ0n) is 9.65. The number of hydrogen-bond acceptors (Lipinski definition) is 4. The smallest absolute Gasteiger partial charge is 0.335 e. The Hall–Kier alpha value is -1.88. The summed E-state index contributed by atoms with van der Waals surface area (Å²) in [4.78, 5) is 4.04. The second-order valence-electron chi connectivity index (χ2n) is 3.79. The molecule has 1 aromatic carbocycles. The van der Waals surface area contributed by atoms with Crippen molar-refractivity contribution < 1.29 is 9.84 Å². The fraction of sp³-hybridized carbons (Fsp3) is 0.333. The van der Waals surface area contributed by atoms with Crippen molar-refractivity contribution in [1.82, 2.24) is 14.8 Å². The van der Waals surface area contributed by atoms with E-state index in [1.807, 2.05) is 30.3 Å². The average Bonchev–Trinajstić information content (AvgIpc) is 2.78. The largest absolute Gasteiger partial charge is 0.462 e. The lowest BCUT2D eigenvalue weighted by Gasteiger charge is -2.03. The molecule has 90 valence electrons. The molecule has 1 unspecified atom stereocenters. The Balaban J connectivity index is 1.97. The molecule has 5 nitrogen and oxygen atoms in total. The molecular formula is C12H15N3O2. The molecule has 0 radical (unpaired) electrons. The summed E-state index contributed by atoms with van der Waals surface area (Å²) in [6, 6.07) is 10.0. The molecule has 0 saturated heterocycles. The summed E-state index contributed by atoms with van der Waals surface area (Å²) in [6.07, 6.45) is 1.80. The van der Waals surface area contributed by atoms with E-state index in [4.69, 9.17) is 9.84 Å². The molecule has 0 saturated carbocycles. The first kappa shape index (κ1) is 11.6. The van der Waals surface area contributed by atoms with E-state index >= 15 is 0 Å². The SMILES string of the molecule is CC(O)CCOc1ncn(-c2ccccc2)n1. The van der Waals surface area contributed by atoms with Crippen molar-refractivity contribution in [3.8, 4) is 11.7 Å². The molecule has 1 aromatic heterocycles. The van der Waals surface area contributed by atoms with E-state index in [1.54, 1.807) is 17.9 Å². The van der Waals surface area contributed by atoms with Gasteiger partial charge in [0.1, 0.15) is 6.33 Å². The Labute approximate surface area is 99.7 Å². The van der Waals surface area contributed by atoms with Crippen LogP contribution in [0.25, 0.3) is 5.69 Å². The van der Waals surface area contributed by atoms with Gasteiger partial charge in [0.05, 0.1) is 18.4 Å². The minimum atomic E-state index is -0.369. The van der Waals surface area contributed by atoms with Gasteiger partial charge in [-0.05, 0) is 19.1 Å². The molecule has 17 heavy (non-hydrogen) atoms. The van der Waals surface area contributed by atoms with E-state index in [9.17, 15) is 0 Å². The van der Waals surface area contributed by atoms with Crippen molar-refractivity contribution in [2.45, 2.75) is 19.4 Å². The van der Waals surface area contributed by atoms with Crippen LogP contribution < -0.4 is 4.74 Å². The molecular weight excluding hydrogens is 218 g/mol. The summed E-state index contributed by atoms with van der Waals surface area (Å²) in [5.74, 6) is 0. The van der Waals surface area contributed by atoms with E-state index in [1.165, 1.54) is 0 Å².